The zero-order valence-electron chi connectivity index (χ0n) is 13.7. The summed E-state index contributed by atoms with van der Waals surface area (Å²) >= 11 is 8.83. The summed E-state index contributed by atoms with van der Waals surface area (Å²) in [5.41, 5.74) is -0.398. The number of benzene rings is 1. The van der Waals surface area contributed by atoms with Gasteiger partial charge in [0.15, 0.2) is 0 Å². The fourth-order valence-electron chi connectivity index (χ4n) is 2.33. The molecule has 1 fully saturated rings. The Morgan fingerprint density at radius 1 is 1.42 bits per heavy atom. The van der Waals surface area contributed by atoms with E-state index in [0.717, 1.165) is 6.07 Å². The zero-order valence-corrected chi connectivity index (χ0v) is 16.0. The Balaban J connectivity index is 1.96. The van der Waals surface area contributed by atoms with Crippen molar-refractivity contribution in [1.29, 1.82) is 0 Å². The quantitative estimate of drug-likeness (QED) is 0.735. The normalized spacial score (nSPS) is 17.8. The molecule has 2 amide bonds. The van der Waals surface area contributed by atoms with Gasteiger partial charge in [-0.15, -0.1) is 0 Å². The Labute approximate surface area is 153 Å². The fourth-order valence-corrected chi connectivity index (χ4v) is 2.87. The van der Waals surface area contributed by atoms with Gasteiger partial charge in [0.25, 0.3) is 5.91 Å². The summed E-state index contributed by atoms with van der Waals surface area (Å²) in [4.78, 5) is 25.8. The van der Waals surface area contributed by atoms with Crippen LogP contribution in [0, 0.1) is 5.82 Å². The average molecular weight is 422 g/mol. The maximum Gasteiger partial charge on any atom is 0.410 e. The number of carbonyl (C=O) groups excluding carboxylic acids is 2. The van der Waals surface area contributed by atoms with Gasteiger partial charge in [0, 0.05) is 29.2 Å². The number of hydrogen-bond donors (Lipinski definition) is 1. The standard InChI is InChI=1S/C16H19BrClFN2O3/c1-16(2,3)24-15(23)21-5-4-10(8-21)20-14(22)9-6-11(17)13(18)12(19)7-9/h6-7,10H,4-5,8H2,1-3H3,(H,20,22)/t10-/m0/s1. The van der Waals surface area contributed by atoms with Crippen LogP contribution in [0.5, 0.6) is 0 Å². The van der Waals surface area contributed by atoms with Crippen molar-refractivity contribution in [1.82, 2.24) is 10.2 Å². The van der Waals surface area contributed by atoms with E-state index in [4.69, 9.17) is 16.3 Å². The maximum atomic E-state index is 13.6. The SMILES string of the molecule is CC(C)(C)OC(=O)N1CC[C@H](NC(=O)c2cc(F)c(Cl)c(Br)c2)C1. The molecule has 0 radical (unpaired) electrons. The van der Waals surface area contributed by atoms with Crippen molar-refractivity contribution in [2.24, 2.45) is 0 Å². The molecule has 8 heteroatoms. The van der Waals surface area contributed by atoms with Gasteiger partial charge >= 0.3 is 6.09 Å². The first-order valence-electron chi connectivity index (χ1n) is 7.50. The number of likely N-dealkylation sites (tertiary alicyclic amines) is 1. The highest BCUT2D eigenvalue weighted by Gasteiger charge is 2.30. The minimum atomic E-state index is -0.669. The van der Waals surface area contributed by atoms with Crippen molar-refractivity contribution in [3.63, 3.8) is 0 Å². The Morgan fingerprint density at radius 3 is 2.67 bits per heavy atom. The topological polar surface area (TPSA) is 58.6 Å². The summed E-state index contributed by atoms with van der Waals surface area (Å²) in [6.45, 7) is 6.25. The van der Waals surface area contributed by atoms with Gasteiger partial charge in [-0.1, -0.05) is 11.6 Å². The van der Waals surface area contributed by atoms with Crippen LogP contribution in [0.2, 0.25) is 5.02 Å². The zero-order chi connectivity index (χ0) is 18.1. The summed E-state index contributed by atoms with van der Waals surface area (Å²) in [6.07, 6.45) is 0.210. The van der Waals surface area contributed by atoms with E-state index in [1.54, 1.807) is 25.7 Å². The molecule has 24 heavy (non-hydrogen) atoms. The minimum absolute atomic E-state index is 0.0662. The van der Waals surface area contributed by atoms with Crippen LogP contribution in [0.25, 0.3) is 0 Å². The van der Waals surface area contributed by atoms with E-state index >= 15 is 0 Å². The van der Waals surface area contributed by atoms with Crippen molar-refractivity contribution in [2.75, 3.05) is 13.1 Å². The van der Waals surface area contributed by atoms with E-state index in [-0.39, 0.29) is 16.6 Å². The molecule has 1 aromatic carbocycles. The summed E-state index contributed by atoms with van der Waals surface area (Å²) in [5.74, 6) is -1.08. The molecule has 0 aliphatic carbocycles. The molecule has 0 unspecified atom stereocenters. The van der Waals surface area contributed by atoms with Crippen LogP contribution in [0.15, 0.2) is 16.6 Å². The highest BCUT2D eigenvalue weighted by molar-refractivity contribution is 9.10. The van der Waals surface area contributed by atoms with Gasteiger partial charge in [-0.05, 0) is 55.3 Å². The third-order valence-electron chi connectivity index (χ3n) is 3.42. The number of nitrogens with one attached hydrogen (secondary N) is 1. The van der Waals surface area contributed by atoms with Crippen molar-refractivity contribution >= 4 is 39.5 Å². The second kappa shape index (κ2) is 7.27. The lowest BCUT2D eigenvalue weighted by molar-refractivity contribution is 0.0290. The summed E-state index contributed by atoms with van der Waals surface area (Å²) in [7, 11) is 0. The molecule has 1 heterocycles. The number of nitrogens with zero attached hydrogens (tertiary/aromatic N) is 1. The van der Waals surface area contributed by atoms with E-state index in [1.165, 1.54) is 6.07 Å². The molecule has 0 saturated carbocycles. The van der Waals surface area contributed by atoms with Crippen LogP contribution in [0.4, 0.5) is 9.18 Å². The van der Waals surface area contributed by atoms with Gasteiger partial charge in [0.2, 0.25) is 0 Å². The third kappa shape index (κ3) is 4.83. The van der Waals surface area contributed by atoms with Gasteiger partial charge in [-0.2, -0.15) is 0 Å². The lowest BCUT2D eigenvalue weighted by Crippen LogP contribution is -2.40. The van der Waals surface area contributed by atoms with Crippen molar-refractivity contribution in [2.45, 2.75) is 38.8 Å². The lowest BCUT2D eigenvalue weighted by atomic mass is 10.2. The van der Waals surface area contributed by atoms with Crippen molar-refractivity contribution < 1.29 is 18.7 Å². The second-order valence-electron chi connectivity index (χ2n) is 6.64. The molecule has 2 rings (SSSR count). The summed E-state index contributed by atoms with van der Waals surface area (Å²) in [5, 5.41) is 2.73. The van der Waals surface area contributed by atoms with Crippen molar-refractivity contribution in [3.05, 3.63) is 33.0 Å². The van der Waals surface area contributed by atoms with E-state index in [2.05, 4.69) is 21.2 Å². The summed E-state index contributed by atoms with van der Waals surface area (Å²) < 4.78 is 19.3. The molecule has 132 valence electrons. The van der Waals surface area contributed by atoms with E-state index < -0.39 is 23.4 Å². The second-order valence-corrected chi connectivity index (χ2v) is 7.87. The van der Waals surface area contributed by atoms with Gasteiger partial charge < -0.3 is 15.0 Å². The van der Waals surface area contributed by atoms with Crippen LogP contribution in [0.1, 0.15) is 37.6 Å². The van der Waals surface area contributed by atoms with Crippen LogP contribution < -0.4 is 5.32 Å². The van der Waals surface area contributed by atoms with Crippen LogP contribution in [0.3, 0.4) is 0 Å². The Morgan fingerprint density at radius 2 is 2.08 bits per heavy atom. The molecule has 5 nitrogen and oxygen atoms in total. The van der Waals surface area contributed by atoms with Crippen molar-refractivity contribution in [3.8, 4) is 0 Å². The number of hydrogen-bond acceptors (Lipinski definition) is 3. The number of rotatable bonds is 2. The van der Waals surface area contributed by atoms with Crippen LogP contribution >= 0.6 is 27.5 Å². The number of carbonyl (C=O) groups is 2. The molecule has 1 saturated heterocycles. The molecule has 0 aromatic heterocycles. The van der Waals surface area contributed by atoms with E-state index in [0.29, 0.717) is 24.0 Å². The van der Waals surface area contributed by atoms with Gasteiger partial charge in [-0.3, -0.25) is 4.79 Å². The van der Waals surface area contributed by atoms with E-state index in [9.17, 15) is 14.0 Å². The van der Waals surface area contributed by atoms with Crippen LogP contribution in [-0.4, -0.2) is 41.6 Å². The minimum Gasteiger partial charge on any atom is -0.444 e. The fraction of sp³-hybridized carbons (Fsp3) is 0.500. The summed E-state index contributed by atoms with van der Waals surface area (Å²) in [6, 6.07) is 2.34. The van der Waals surface area contributed by atoms with Crippen LogP contribution in [-0.2, 0) is 4.74 Å². The first kappa shape index (κ1) is 19.0. The first-order valence-corrected chi connectivity index (χ1v) is 8.67. The number of halogens is 3. The predicted octanol–water partition coefficient (Wildman–Crippen LogP) is 3.98. The molecule has 1 aliphatic rings. The number of amides is 2. The molecule has 0 bridgehead atoms. The van der Waals surface area contributed by atoms with Gasteiger partial charge in [0.1, 0.15) is 11.4 Å². The predicted molar refractivity (Wildman–Crippen MR) is 92.8 cm³/mol. The molecular weight excluding hydrogens is 403 g/mol. The first-order chi connectivity index (χ1) is 11.1. The lowest BCUT2D eigenvalue weighted by Gasteiger charge is -2.24. The van der Waals surface area contributed by atoms with Gasteiger partial charge in [-0.25, -0.2) is 9.18 Å². The third-order valence-corrected chi connectivity index (χ3v) is 4.66. The largest absolute Gasteiger partial charge is 0.444 e. The Bertz CT molecular complexity index is 640. The molecule has 1 aliphatic heterocycles. The van der Waals surface area contributed by atoms with E-state index in [1.807, 2.05) is 0 Å². The highest BCUT2D eigenvalue weighted by Crippen LogP contribution is 2.27. The maximum absolute atomic E-state index is 13.6. The average Bonchev–Trinajstić information content (AvgIpc) is 2.91. The van der Waals surface area contributed by atoms with Gasteiger partial charge in [0.05, 0.1) is 5.02 Å². The Kier molecular flexibility index (Phi) is 5.75. The smallest absolute Gasteiger partial charge is 0.410 e. The monoisotopic (exact) mass is 420 g/mol. The molecule has 1 N–H and O–H groups in total. The molecule has 1 atom stereocenters. The molecular formula is C16H19BrClFN2O3. The Hall–Kier alpha value is -1.34. The molecule has 0 spiro atoms. The molecule has 1 aromatic rings. The number of ether oxygens (including phenoxy) is 1. The highest BCUT2D eigenvalue weighted by atomic mass is 79.9.